The lowest BCUT2D eigenvalue weighted by atomic mass is 9.95. The van der Waals surface area contributed by atoms with Crippen molar-refractivity contribution >= 4 is 11.9 Å². The molecule has 0 aromatic heterocycles. The summed E-state index contributed by atoms with van der Waals surface area (Å²) in [4.78, 5) is 25.9. The summed E-state index contributed by atoms with van der Waals surface area (Å²) in [7, 11) is 1.43. The van der Waals surface area contributed by atoms with Gasteiger partial charge in [-0.15, -0.1) is 0 Å². The maximum absolute atomic E-state index is 12.2. The van der Waals surface area contributed by atoms with E-state index in [0.717, 1.165) is 32.4 Å². The Kier molecular flexibility index (Phi) is 5.99. The van der Waals surface area contributed by atoms with Gasteiger partial charge in [0.15, 0.2) is 0 Å². The van der Waals surface area contributed by atoms with Crippen LogP contribution < -0.4 is 5.32 Å². The minimum Gasteiger partial charge on any atom is -0.469 e. The van der Waals surface area contributed by atoms with Gasteiger partial charge in [0.25, 0.3) is 0 Å². The summed E-state index contributed by atoms with van der Waals surface area (Å²) in [5, 5.41) is 3.08. The number of nitrogens with one attached hydrogen (secondary N) is 1. The van der Waals surface area contributed by atoms with Gasteiger partial charge in [-0.3, -0.25) is 14.5 Å². The molecule has 1 amide bonds. The fourth-order valence-electron chi connectivity index (χ4n) is 2.38. The van der Waals surface area contributed by atoms with E-state index in [-0.39, 0.29) is 29.4 Å². The van der Waals surface area contributed by atoms with Gasteiger partial charge in [0.2, 0.25) is 5.91 Å². The highest BCUT2D eigenvalue weighted by Crippen LogP contribution is 2.20. The van der Waals surface area contributed by atoms with Crippen molar-refractivity contribution in [1.82, 2.24) is 10.2 Å². The molecule has 1 fully saturated rings. The molecule has 5 heteroatoms. The highest BCUT2D eigenvalue weighted by atomic mass is 16.5. The summed E-state index contributed by atoms with van der Waals surface area (Å²) in [6, 6.07) is -0.153. The summed E-state index contributed by atoms with van der Waals surface area (Å²) in [5.41, 5.74) is -0.171. The molecule has 5 nitrogen and oxygen atoms in total. The number of carbonyl (C=O) groups is 2. The number of rotatable bonds is 5. The molecule has 0 radical (unpaired) electrons. The lowest BCUT2D eigenvalue weighted by Gasteiger charge is -2.36. The maximum Gasteiger partial charge on any atom is 0.308 e. The van der Waals surface area contributed by atoms with Crippen LogP contribution in [0.25, 0.3) is 0 Å². The monoisotopic (exact) mass is 284 g/mol. The van der Waals surface area contributed by atoms with Gasteiger partial charge in [-0.2, -0.15) is 0 Å². The van der Waals surface area contributed by atoms with Gasteiger partial charge in [0.05, 0.1) is 19.1 Å². The SMILES string of the molecule is CCC(C)(C)NC(=O)C(C)N1CCC(C(=O)OC)CC1. The Bertz CT molecular complexity index is 347. The van der Waals surface area contributed by atoms with Crippen LogP contribution in [0.1, 0.15) is 47.0 Å². The number of hydrogen-bond acceptors (Lipinski definition) is 4. The number of amides is 1. The Morgan fingerprint density at radius 1 is 1.35 bits per heavy atom. The standard InChI is InChI=1S/C15H28N2O3/c1-6-15(3,4)16-13(18)11(2)17-9-7-12(8-10-17)14(19)20-5/h11-12H,6-10H2,1-5H3,(H,16,18). The molecule has 1 aliphatic rings. The van der Waals surface area contributed by atoms with Crippen LogP contribution in [-0.2, 0) is 14.3 Å². The molecule has 1 rings (SSSR count). The van der Waals surface area contributed by atoms with E-state index in [1.807, 2.05) is 20.8 Å². The maximum atomic E-state index is 12.2. The normalized spacial score (nSPS) is 19.4. The number of carbonyl (C=O) groups excluding carboxylic acids is 2. The molecular formula is C15H28N2O3. The lowest BCUT2D eigenvalue weighted by Crippen LogP contribution is -2.53. The molecule has 20 heavy (non-hydrogen) atoms. The van der Waals surface area contributed by atoms with Gasteiger partial charge >= 0.3 is 5.97 Å². The van der Waals surface area contributed by atoms with Crippen molar-refractivity contribution in [1.29, 1.82) is 0 Å². The molecule has 1 unspecified atom stereocenters. The zero-order valence-electron chi connectivity index (χ0n) is 13.4. The molecule has 1 heterocycles. The predicted octanol–water partition coefficient (Wildman–Crippen LogP) is 1.56. The van der Waals surface area contributed by atoms with Crippen LogP contribution in [0.3, 0.4) is 0 Å². The van der Waals surface area contributed by atoms with Crippen LogP contribution in [0, 0.1) is 5.92 Å². The first-order valence-corrected chi connectivity index (χ1v) is 7.44. The van der Waals surface area contributed by atoms with Gasteiger partial charge in [0.1, 0.15) is 0 Å². The third kappa shape index (κ3) is 4.47. The molecule has 1 saturated heterocycles. The van der Waals surface area contributed by atoms with Crippen LogP contribution in [0.15, 0.2) is 0 Å². The van der Waals surface area contributed by atoms with Crippen molar-refractivity contribution in [3.8, 4) is 0 Å². The predicted molar refractivity (Wildman–Crippen MR) is 78.3 cm³/mol. The molecule has 0 aromatic carbocycles. The van der Waals surface area contributed by atoms with Crippen molar-refractivity contribution in [2.24, 2.45) is 5.92 Å². The van der Waals surface area contributed by atoms with E-state index in [1.54, 1.807) is 0 Å². The molecule has 1 N–H and O–H groups in total. The van der Waals surface area contributed by atoms with Crippen molar-refractivity contribution in [2.45, 2.75) is 58.5 Å². The Morgan fingerprint density at radius 3 is 2.35 bits per heavy atom. The number of ether oxygens (including phenoxy) is 1. The van der Waals surface area contributed by atoms with Crippen LogP contribution in [0.2, 0.25) is 0 Å². The van der Waals surface area contributed by atoms with E-state index < -0.39 is 0 Å². The fraction of sp³-hybridized carbons (Fsp3) is 0.867. The van der Waals surface area contributed by atoms with Crippen molar-refractivity contribution in [3.63, 3.8) is 0 Å². The smallest absolute Gasteiger partial charge is 0.308 e. The zero-order chi connectivity index (χ0) is 15.3. The minimum atomic E-state index is -0.171. The van der Waals surface area contributed by atoms with Gasteiger partial charge in [-0.25, -0.2) is 0 Å². The topological polar surface area (TPSA) is 58.6 Å². The first kappa shape index (κ1) is 17.0. The number of hydrogen-bond donors (Lipinski definition) is 1. The van der Waals surface area contributed by atoms with E-state index in [9.17, 15) is 9.59 Å². The van der Waals surface area contributed by atoms with Crippen LogP contribution in [0.4, 0.5) is 0 Å². The molecule has 116 valence electrons. The van der Waals surface area contributed by atoms with Crippen molar-refractivity contribution < 1.29 is 14.3 Å². The zero-order valence-corrected chi connectivity index (χ0v) is 13.4. The fourth-order valence-corrected chi connectivity index (χ4v) is 2.38. The first-order valence-electron chi connectivity index (χ1n) is 7.44. The van der Waals surface area contributed by atoms with E-state index in [1.165, 1.54) is 7.11 Å². The Balaban J connectivity index is 2.48. The van der Waals surface area contributed by atoms with E-state index in [2.05, 4.69) is 17.1 Å². The molecular weight excluding hydrogens is 256 g/mol. The van der Waals surface area contributed by atoms with Gasteiger partial charge < -0.3 is 10.1 Å². The number of piperidine rings is 1. The third-order valence-electron chi connectivity index (χ3n) is 4.34. The number of methoxy groups -OCH3 is 1. The van der Waals surface area contributed by atoms with Crippen LogP contribution >= 0.6 is 0 Å². The number of nitrogens with zero attached hydrogens (tertiary/aromatic N) is 1. The quantitative estimate of drug-likeness (QED) is 0.779. The molecule has 0 spiro atoms. The van der Waals surface area contributed by atoms with Gasteiger partial charge in [-0.05, 0) is 53.1 Å². The summed E-state index contributed by atoms with van der Waals surface area (Å²) in [6.07, 6.45) is 2.43. The van der Waals surface area contributed by atoms with Crippen LogP contribution in [-0.4, -0.2) is 48.6 Å². The van der Waals surface area contributed by atoms with Gasteiger partial charge in [0, 0.05) is 5.54 Å². The highest BCUT2D eigenvalue weighted by molar-refractivity contribution is 5.82. The average molecular weight is 284 g/mol. The lowest BCUT2D eigenvalue weighted by molar-refractivity contribution is -0.147. The number of likely N-dealkylation sites (tertiary alicyclic amines) is 1. The van der Waals surface area contributed by atoms with Crippen LogP contribution in [0.5, 0.6) is 0 Å². The Morgan fingerprint density at radius 2 is 1.90 bits per heavy atom. The largest absolute Gasteiger partial charge is 0.469 e. The molecule has 0 bridgehead atoms. The van der Waals surface area contributed by atoms with Gasteiger partial charge in [-0.1, -0.05) is 6.92 Å². The summed E-state index contributed by atoms with van der Waals surface area (Å²) < 4.78 is 4.78. The molecule has 0 saturated carbocycles. The van der Waals surface area contributed by atoms with Crippen molar-refractivity contribution in [2.75, 3.05) is 20.2 Å². The molecule has 1 aliphatic heterocycles. The molecule has 1 atom stereocenters. The molecule has 0 aliphatic carbocycles. The summed E-state index contributed by atoms with van der Waals surface area (Å²) in [5.74, 6) is -0.0826. The third-order valence-corrected chi connectivity index (χ3v) is 4.34. The number of esters is 1. The highest BCUT2D eigenvalue weighted by Gasteiger charge is 2.31. The minimum absolute atomic E-state index is 0.0152. The van der Waals surface area contributed by atoms with Crippen molar-refractivity contribution in [3.05, 3.63) is 0 Å². The summed E-state index contributed by atoms with van der Waals surface area (Å²) in [6.45, 7) is 9.58. The molecule has 0 aromatic rings. The Hall–Kier alpha value is -1.10. The van der Waals surface area contributed by atoms with E-state index in [0.29, 0.717) is 0 Å². The van der Waals surface area contributed by atoms with E-state index in [4.69, 9.17) is 4.74 Å². The second-order valence-electron chi connectivity index (χ2n) is 6.24. The Labute approximate surface area is 122 Å². The summed E-state index contributed by atoms with van der Waals surface area (Å²) >= 11 is 0. The average Bonchev–Trinajstić information content (AvgIpc) is 2.45. The second-order valence-corrected chi connectivity index (χ2v) is 6.24. The first-order chi connectivity index (χ1) is 9.30. The van der Waals surface area contributed by atoms with E-state index >= 15 is 0 Å². The second kappa shape index (κ2) is 7.07.